The van der Waals surface area contributed by atoms with Crippen LogP contribution in [0.4, 0.5) is 5.82 Å². The third-order valence-electron chi connectivity index (χ3n) is 3.55. The number of nitrogens with zero attached hydrogens (tertiary/aromatic N) is 4. The Morgan fingerprint density at radius 3 is 2.55 bits per heavy atom. The highest BCUT2D eigenvalue weighted by Crippen LogP contribution is 2.19. The van der Waals surface area contributed by atoms with Gasteiger partial charge in [-0.2, -0.15) is 5.10 Å². The molecule has 0 aliphatic carbocycles. The first-order valence-electron chi connectivity index (χ1n) is 7.12. The highest BCUT2D eigenvalue weighted by Gasteiger charge is 2.16. The van der Waals surface area contributed by atoms with Gasteiger partial charge in [-0.1, -0.05) is 35.3 Å². The summed E-state index contributed by atoms with van der Waals surface area (Å²) in [5.41, 5.74) is 0.873. The second kappa shape index (κ2) is 6.99. The fraction of sp³-hybridized carbons (Fsp3) is 0.250. The van der Waals surface area contributed by atoms with Crippen molar-refractivity contribution in [3.63, 3.8) is 0 Å². The number of benzene rings is 1. The molecule has 0 spiro atoms. The Kier molecular flexibility index (Phi) is 4.80. The molecule has 0 amide bonds. The summed E-state index contributed by atoms with van der Waals surface area (Å²) >= 11 is 12.0. The predicted octanol–water partition coefficient (Wildman–Crippen LogP) is 3.54. The van der Waals surface area contributed by atoms with Crippen LogP contribution in [0.2, 0.25) is 10.0 Å². The van der Waals surface area contributed by atoms with Gasteiger partial charge in [-0.05, 0) is 24.3 Å². The van der Waals surface area contributed by atoms with Crippen molar-refractivity contribution in [2.75, 3.05) is 31.1 Å². The van der Waals surface area contributed by atoms with E-state index in [1.165, 1.54) is 0 Å². The van der Waals surface area contributed by atoms with Crippen LogP contribution in [-0.4, -0.2) is 42.4 Å². The minimum atomic E-state index is 0.614. The van der Waals surface area contributed by atoms with Gasteiger partial charge >= 0.3 is 0 Å². The molecule has 1 aliphatic rings. The summed E-state index contributed by atoms with van der Waals surface area (Å²) in [6.45, 7) is 3.53. The van der Waals surface area contributed by atoms with Crippen molar-refractivity contribution in [1.82, 2.24) is 9.99 Å². The molecule has 0 bridgehead atoms. The second-order valence-corrected chi connectivity index (χ2v) is 5.88. The maximum absolute atomic E-state index is 6.14. The maximum Gasteiger partial charge on any atom is 0.128 e. The summed E-state index contributed by atoms with van der Waals surface area (Å²) in [5, 5.41) is 7.80. The Hall–Kier alpha value is -1.78. The number of hydrogen-bond donors (Lipinski definition) is 0. The van der Waals surface area contributed by atoms with Gasteiger partial charge in [-0.15, -0.1) is 0 Å². The molecule has 114 valence electrons. The molecule has 0 N–H and O–H groups in total. The molecule has 6 heteroatoms. The van der Waals surface area contributed by atoms with Gasteiger partial charge < -0.3 is 4.90 Å². The van der Waals surface area contributed by atoms with Crippen LogP contribution >= 0.6 is 23.2 Å². The lowest BCUT2D eigenvalue weighted by atomic mass is 10.2. The fourth-order valence-electron chi connectivity index (χ4n) is 2.33. The zero-order chi connectivity index (χ0) is 15.4. The fourth-order valence-corrected chi connectivity index (χ4v) is 2.79. The normalized spacial score (nSPS) is 15.5. The van der Waals surface area contributed by atoms with Crippen molar-refractivity contribution in [1.29, 1.82) is 0 Å². The molecule has 0 atom stereocenters. The van der Waals surface area contributed by atoms with Gasteiger partial charge in [-0.25, -0.2) is 4.98 Å². The summed E-state index contributed by atoms with van der Waals surface area (Å²) in [6.07, 6.45) is 3.61. The molecule has 2 heterocycles. The topological polar surface area (TPSA) is 31.7 Å². The SMILES string of the molecule is Clc1ccc(/C=N/N2CCN(c3ccccn3)CC2)c(Cl)c1. The molecule has 1 fully saturated rings. The number of hydrazone groups is 1. The molecule has 22 heavy (non-hydrogen) atoms. The van der Waals surface area contributed by atoms with Gasteiger partial charge in [0, 0.05) is 29.9 Å². The third-order valence-corrected chi connectivity index (χ3v) is 4.11. The molecule has 1 saturated heterocycles. The third kappa shape index (κ3) is 3.70. The molecule has 4 nitrogen and oxygen atoms in total. The smallest absolute Gasteiger partial charge is 0.128 e. The quantitative estimate of drug-likeness (QED) is 0.804. The van der Waals surface area contributed by atoms with E-state index < -0.39 is 0 Å². The average Bonchev–Trinajstić information content (AvgIpc) is 2.55. The van der Waals surface area contributed by atoms with E-state index in [1.807, 2.05) is 41.5 Å². The van der Waals surface area contributed by atoms with Crippen molar-refractivity contribution in [2.45, 2.75) is 0 Å². The monoisotopic (exact) mass is 334 g/mol. The molecule has 0 unspecified atom stereocenters. The molecule has 0 saturated carbocycles. The molecule has 1 aromatic heterocycles. The summed E-state index contributed by atoms with van der Waals surface area (Å²) < 4.78 is 0. The minimum Gasteiger partial charge on any atom is -0.353 e. The average molecular weight is 335 g/mol. The van der Waals surface area contributed by atoms with Gasteiger partial charge in [0.05, 0.1) is 24.3 Å². The van der Waals surface area contributed by atoms with E-state index in [0.717, 1.165) is 37.6 Å². The van der Waals surface area contributed by atoms with Crippen LogP contribution in [-0.2, 0) is 0 Å². The molecular weight excluding hydrogens is 319 g/mol. The first kappa shape index (κ1) is 15.1. The van der Waals surface area contributed by atoms with Gasteiger partial charge in [0.2, 0.25) is 0 Å². The van der Waals surface area contributed by atoms with Crippen LogP contribution in [0.15, 0.2) is 47.7 Å². The van der Waals surface area contributed by atoms with E-state index in [1.54, 1.807) is 12.3 Å². The van der Waals surface area contributed by atoms with Crippen LogP contribution in [0.5, 0.6) is 0 Å². The highest BCUT2D eigenvalue weighted by molar-refractivity contribution is 6.36. The van der Waals surface area contributed by atoms with Gasteiger partial charge in [0.25, 0.3) is 0 Å². The molecule has 1 aliphatic heterocycles. The zero-order valence-electron chi connectivity index (χ0n) is 12.0. The van der Waals surface area contributed by atoms with Crippen LogP contribution in [0, 0.1) is 0 Å². The second-order valence-electron chi connectivity index (χ2n) is 5.04. The number of pyridine rings is 1. The van der Waals surface area contributed by atoms with Crippen LogP contribution < -0.4 is 4.90 Å². The Balaban J connectivity index is 1.59. The maximum atomic E-state index is 6.14. The Labute approximate surface area is 140 Å². The van der Waals surface area contributed by atoms with Crippen molar-refractivity contribution < 1.29 is 0 Å². The number of hydrogen-bond acceptors (Lipinski definition) is 4. The van der Waals surface area contributed by atoms with Crippen molar-refractivity contribution >= 4 is 35.2 Å². The lowest BCUT2D eigenvalue weighted by Crippen LogP contribution is -2.44. The number of aromatic nitrogens is 1. The predicted molar refractivity (Wildman–Crippen MR) is 92.1 cm³/mol. The van der Waals surface area contributed by atoms with E-state index in [4.69, 9.17) is 23.2 Å². The first-order valence-corrected chi connectivity index (χ1v) is 7.88. The largest absolute Gasteiger partial charge is 0.353 e. The number of halogens is 2. The van der Waals surface area contributed by atoms with Crippen molar-refractivity contribution in [3.05, 3.63) is 58.2 Å². The Morgan fingerprint density at radius 1 is 1.05 bits per heavy atom. The van der Waals surface area contributed by atoms with Gasteiger partial charge in [0.1, 0.15) is 5.82 Å². The summed E-state index contributed by atoms with van der Waals surface area (Å²) in [6, 6.07) is 11.4. The van der Waals surface area contributed by atoms with E-state index in [2.05, 4.69) is 15.0 Å². The summed E-state index contributed by atoms with van der Waals surface area (Å²) in [7, 11) is 0. The molecule has 3 rings (SSSR count). The number of piperazine rings is 1. The Morgan fingerprint density at radius 2 is 1.86 bits per heavy atom. The molecule has 1 aromatic carbocycles. The van der Waals surface area contributed by atoms with Gasteiger partial charge in [-0.3, -0.25) is 5.01 Å². The first-order chi connectivity index (χ1) is 10.7. The summed E-state index contributed by atoms with van der Waals surface area (Å²) in [4.78, 5) is 6.65. The van der Waals surface area contributed by atoms with Crippen molar-refractivity contribution in [3.8, 4) is 0 Å². The molecule has 0 radical (unpaired) electrons. The number of anilines is 1. The van der Waals surface area contributed by atoms with E-state index in [9.17, 15) is 0 Å². The highest BCUT2D eigenvalue weighted by atomic mass is 35.5. The standard InChI is InChI=1S/C16H16Cl2N4/c17-14-5-4-13(15(18)11-14)12-20-22-9-7-21(8-10-22)16-3-1-2-6-19-16/h1-6,11-12H,7-10H2/b20-12+. The van der Waals surface area contributed by atoms with Crippen LogP contribution in [0.3, 0.4) is 0 Å². The zero-order valence-corrected chi connectivity index (χ0v) is 13.5. The van der Waals surface area contributed by atoms with E-state index in [-0.39, 0.29) is 0 Å². The van der Waals surface area contributed by atoms with E-state index in [0.29, 0.717) is 10.0 Å². The lowest BCUT2D eigenvalue weighted by Gasteiger charge is -2.33. The molecule has 2 aromatic rings. The molecular formula is C16H16Cl2N4. The van der Waals surface area contributed by atoms with Crippen molar-refractivity contribution in [2.24, 2.45) is 5.10 Å². The lowest BCUT2D eigenvalue weighted by molar-refractivity contribution is 0.271. The number of rotatable bonds is 3. The van der Waals surface area contributed by atoms with Gasteiger partial charge in [0.15, 0.2) is 0 Å². The Bertz CT molecular complexity index is 652. The van der Waals surface area contributed by atoms with E-state index >= 15 is 0 Å². The van der Waals surface area contributed by atoms with Crippen LogP contribution in [0.25, 0.3) is 0 Å². The van der Waals surface area contributed by atoms with Crippen LogP contribution in [0.1, 0.15) is 5.56 Å². The minimum absolute atomic E-state index is 0.614. The summed E-state index contributed by atoms with van der Waals surface area (Å²) in [5.74, 6) is 1.02.